The molecular formula is C23H23N3O7S2. The summed E-state index contributed by atoms with van der Waals surface area (Å²) in [7, 11) is 0. The smallest absolute Gasteiger partial charge is 0.323 e. The fourth-order valence-electron chi connectivity index (χ4n) is 4.90. The molecule has 2 aromatic rings. The fraction of sp³-hybridized carbons (Fsp3) is 0.435. The number of amides is 3. The summed E-state index contributed by atoms with van der Waals surface area (Å²) >= 11 is 2.06. The van der Waals surface area contributed by atoms with Crippen LogP contribution in [0.4, 0.5) is 0 Å². The van der Waals surface area contributed by atoms with Crippen LogP contribution < -0.4 is 9.61 Å². The zero-order valence-electron chi connectivity index (χ0n) is 18.6. The van der Waals surface area contributed by atoms with Gasteiger partial charge < -0.3 is 19.7 Å². The second kappa shape index (κ2) is 9.50. The standard InChI is InChI=1S/C23H23N3O7S2/c27-14(25-7-2-1-3-8-25)11-33-13-6-4-5-12(9-13)16-17-19(34-20-18(16)35-23(32)24-20)22(31)26(21(17)30)10-15(28)29/h4-6,9,16-17,19H,1-3,7-8,10-11H2,(H,24,32)(H,28,29)/t16-,17?,19?/m1/s1. The molecule has 3 atom stereocenters. The number of thiazole rings is 1. The molecule has 0 radical (unpaired) electrons. The SMILES string of the molecule is O=C(O)CN1C(=O)C2Sc3[nH]c(=O)sc3[C@H](c3cccc(OCC(=O)N4CCCCC4)c3)C2C1=O. The van der Waals surface area contributed by atoms with Crippen LogP contribution in [0.25, 0.3) is 0 Å². The molecule has 3 amide bonds. The van der Waals surface area contributed by atoms with Crippen LogP contribution in [-0.4, -0.2) is 75.1 Å². The maximum Gasteiger partial charge on any atom is 0.323 e. The summed E-state index contributed by atoms with van der Waals surface area (Å²) in [6.07, 6.45) is 3.08. The van der Waals surface area contributed by atoms with Crippen LogP contribution in [0.5, 0.6) is 5.75 Å². The van der Waals surface area contributed by atoms with Crippen LogP contribution in [0, 0.1) is 5.92 Å². The molecule has 5 rings (SSSR count). The minimum atomic E-state index is -1.27. The summed E-state index contributed by atoms with van der Waals surface area (Å²) in [5, 5.41) is 8.86. The Morgan fingerprint density at radius 3 is 2.63 bits per heavy atom. The predicted octanol–water partition coefficient (Wildman–Crippen LogP) is 1.50. The molecule has 3 aliphatic heterocycles. The highest BCUT2D eigenvalue weighted by Gasteiger charge is 2.56. The zero-order valence-corrected chi connectivity index (χ0v) is 20.2. The van der Waals surface area contributed by atoms with Gasteiger partial charge in [0.1, 0.15) is 17.5 Å². The van der Waals surface area contributed by atoms with Gasteiger partial charge in [0.05, 0.1) is 10.9 Å². The summed E-state index contributed by atoms with van der Waals surface area (Å²) < 4.78 is 5.78. The van der Waals surface area contributed by atoms with Gasteiger partial charge in [0.15, 0.2) is 6.61 Å². The van der Waals surface area contributed by atoms with E-state index in [-0.39, 0.29) is 17.4 Å². The molecule has 1 aromatic heterocycles. The number of rotatable bonds is 6. The van der Waals surface area contributed by atoms with Crippen molar-refractivity contribution in [1.82, 2.24) is 14.8 Å². The molecule has 2 fully saturated rings. The minimum absolute atomic E-state index is 0.0868. The molecule has 4 heterocycles. The lowest BCUT2D eigenvalue weighted by molar-refractivity contribution is -0.149. The molecule has 3 aliphatic rings. The number of fused-ring (bicyclic) bond motifs is 2. The highest BCUT2D eigenvalue weighted by Crippen LogP contribution is 2.52. The Morgan fingerprint density at radius 2 is 1.89 bits per heavy atom. The largest absolute Gasteiger partial charge is 0.484 e. The molecule has 2 unspecified atom stereocenters. The van der Waals surface area contributed by atoms with E-state index in [4.69, 9.17) is 4.74 Å². The first-order valence-corrected chi connectivity index (χ1v) is 13.0. The predicted molar refractivity (Wildman–Crippen MR) is 127 cm³/mol. The molecule has 2 saturated heterocycles. The maximum atomic E-state index is 13.2. The number of thioether (sulfide) groups is 1. The second-order valence-corrected chi connectivity index (χ2v) is 10.9. The number of carboxylic acid groups (broad SMARTS) is 1. The lowest BCUT2D eigenvalue weighted by atomic mass is 9.83. The summed E-state index contributed by atoms with van der Waals surface area (Å²) in [4.78, 5) is 67.7. The topological polar surface area (TPSA) is 137 Å². The van der Waals surface area contributed by atoms with Crippen LogP contribution in [0.15, 0.2) is 34.1 Å². The number of hydrogen-bond donors (Lipinski definition) is 2. The number of H-pyrrole nitrogens is 1. The lowest BCUT2D eigenvalue weighted by Gasteiger charge is -2.30. The number of aromatic nitrogens is 1. The lowest BCUT2D eigenvalue weighted by Crippen LogP contribution is -2.38. The molecule has 12 heteroatoms. The Bertz CT molecular complexity index is 1250. The fourth-order valence-corrected chi connectivity index (χ4v) is 7.44. The van der Waals surface area contributed by atoms with E-state index in [1.54, 1.807) is 29.2 Å². The first-order valence-electron chi connectivity index (χ1n) is 11.3. The Morgan fingerprint density at radius 1 is 1.11 bits per heavy atom. The van der Waals surface area contributed by atoms with Gasteiger partial charge in [0.25, 0.3) is 5.91 Å². The van der Waals surface area contributed by atoms with Gasteiger partial charge in [-0.15, -0.1) is 0 Å². The van der Waals surface area contributed by atoms with Crippen LogP contribution in [-0.2, 0) is 19.2 Å². The normalized spacial score (nSPS) is 23.7. The molecule has 0 spiro atoms. The number of aromatic amines is 1. The van der Waals surface area contributed by atoms with Crippen molar-refractivity contribution >= 4 is 46.8 Å². The molecule has 10 nitrogen and oxygen atoms in total. The Kier molecular flexibility index (Phi) is 6.41. The van der Waals surface area contributed by atoms with Gasteiger partial charge >= 0.3 is 10.8 Å². The Labute approximate surface area is 208 Å². The monoisotopic (exact) mass is 517 g/mol. The van der Waals surface area contributed by atoms with Crippen LogP contribution in [0.2, 0.25) is 0 Å². The number of piperidine rings is 1. The van der Waals surface area contributed by atoms with E-state index >= 15 is 0 Å². The van der Waals surface area contributed by atoms with Crippen molar-refractivity contribution in [2.75, 3.05) is 26.2 Å². The number of benzene rings is 1. The number of carbonyl (C=O) groups excluding carboxylic acids is 3. The molecule has 0 aliphatic carbocycles. The number of aliphatic carboxylic acids is 1. The number of ether oxygens (including phenoxy) is 1. The molecule has 0 bridgehead atoms. The first-order chi connectivity index (χ1) is 16.8. The van der Waals surface area contributed by atoms with Gasteiger partial charge in [0, 0.05) is 23.9 Å². The van der Waals surface area contributed by atoms with E-state index in [0.29, 0.717) is 21.2 Å². The summed E-state index contributed by atoms with van der Waals surface area (Å²) in [5.41, 5.74) is 0.651. The van der Waals surface area contributed by atoms with Crippen molar-refractivity contribution in [2.24, 2.45) is 5.92 Å². The summed E-state index contributed by atoms with van der Waals surface area (Å²) in [6, 6.07) is 6.94. The van der Waals surface area contributed by atoms with Crippen molar-refractivity contribution in [1.29, 1.82) is 0 Å². The molecule has 2 N–H and O–H groups in total. The van der Waals surface area contributed by atoms with Crippen molar-refractivity contribution in [3.63, 3.8) is 0 Å². The molecule has 35 heavy (non-hydrogen) atoms. The van der Waals surface area contributed by atoms with E-state index in [2.05, 4.69) is 4.98 Å². The quantitative estimate of drug-likeness (QED) is 0.550. The highest BCUT2D eigenvalue weighted by molar-refractivity contribution is 8.00. The van der Waals surface area contributed by atoms with Crippen molar-refractivity contribution in [2.45, 2.75) is 35.5 Å². The highest BCUT2D eigenvalue weighted by atomic mass is 32.2. The zero-order chi connectivity index (χ0) is 24.7. The Hall–Kier alpha value is -3.12. The average molecular weight is 518 g/mol. The van der Waals surface area contributed by atoms with Gasteiger partial charge in [0.2, 0.25) is 11.8 Å². The van der Waals surface area contributed by atoms with Gasteiger partial charge in [-0.25, -0.2) is 0 Å². The first kappa shape index (κ1) is 23.6. The third-order valence-electron chi connectivity index (χ3n) is 6.50. The van der Waals surface area contributed by atoms with Crippen molar-refractivity contribution in [3.05, 3.63) is 44.4 Å². The van der Waals surface area contributed by atoms with Gasteiger partial charge in [-0.05, 0) is 37.0 Å². The van der Waals surface area contributed by atoms with Crippen molar-refractivity contribution < 1.29 is 29.0 Å². The number of carbonyl (C=O) groups is 4. The Balaban J connectivity index is 1.44. The summed E-state index contributed by atoms with van der Waals surface area (Å²) in [5.74, 6) is -3.55. The molecule has 1 aromatic carbocycles. The third-order valence-corrected chi connectivity index (χ3v) is 8.90. The molecular weight excluding hydrogens is 494 g/mol. The number of nitrogens with zero attached hydrogens (tertiary/aromatic N) is 2. The minimum Gasteiger partial charge on any atom is -0.484 e. The molecule has 184 valence electrons. The third kappa shape index (κ3) is 4.47. The van der Waals surface area contributed by atoms with E-state index in [1.165, 1.54) is 0 Å². The van der Waals surface area contributed by atoms with E-state index in [9.17, 15) is 29.1 Å². The number of likely N-dealkylation sites (tertiary alicyclic amines) is 2. The van der Waals surface area contributed by atoms with E-state index in [0.717, 1.165) is 60.4 Å². The number of carboxylic acids is 1. The maximum absolute atomic E-state index is 13.2. The number of nitrogens with one attached hydrogen (secondary N) is 1. The van der Waals surface area contributed by atoms with Gasteiger partial charge in [-0.2, -0.15) is 0 Å². The van der Waals surface area contributed by atoms with Crippen molar-refractivity contribution in [3.8, 4) is 5.75 Å². The number of hydrogen-bond acceptors (Lipinski definition) is 8. The van der Waals surface area contributed by atoms with Gasteiger partial charge in [-0.3, -0.25) is 28.9 Å². The van der Waals surface area contributed by atoms with Crippen LogP contribution in [0.3, 0.4) is 0 Å². The van der Waals surface area contributed by atoms with Gasteiger partial charge in [-0.1, -0.05) is 35.2 Å². The second-order valence-electron chi connectivity index (χ2n) is 8.71. The number of imide groups is 1. The van der Waals surface area contributed by atoms with E-state index in [1.807, 2.05) is 0 Å². The summed E-state index contributed by atoms with van der Waals surface area (Å²) in [6.45, 7) is 0.638. The average Bonchev–Trinajstić information content (AvgIpc) is 3.33. The van der Waals surface area contributed by atoms with Crippen LogP contribution >= 0.6 is 23.1 Å². The van der Waals surface area contributed by atoms with E-state index < -0.39 is 41.4 Å². The molecule has 0 saturated carbocycles. The van der Waals surface area contributed by atoms with Crippen LogP contribution in [0.1, 0.15) is 35.6 Å².